The van der Waals surface area contributed by atoms with E-state index in [0.29, 0.717) is 13.1 Å². The summed E-state index contributed by atoms with van der Waals surface area (Å²) in [5.74, 6) is -2.66. The van der Waals surface area contributed by atoms with E-state index in [1.54, 1.807) is 13.8 Å². The number of amides is 2. The summed E-state index contributed by atoms with van der Waals surface area (Å²) < 4.78 is 0. The summed E-state index contributed by atoms with van der Waals surface area (Å²) in [6, 6.07) is 0. The highest BCUT2D eigenvalue weighted by Gasteiger charge is 2.44. The number of rotatable bonds is 3. The van der Waals surface area contributed by atoms with Gasteiger partial charge in [-0.2, -0.15) is 0 Å². The quantitative estimate of drug-likeness (QED) is 0.523. The fraction of sp³-hybridized carbons (Fsp3) is 0.600. The van der Waals surface area contributed by atoms with Crippen LogP contribution in [0.15, 0.2) is 0 Å². The topological polar surface area (TPSA) is 57.7 Å². The highest BCUT2D eigenvalue weighted by molar-refractivity contribution is 7.80. The number of nitrogens with zero attached hydrogens (tertiary/aromatic N) is 2. The Balaban J connectivity index is 3.15. The van der Waals surface area contributed by atoms with Crippen LogP contribution in [0.4, 0.5) is 0 Å². The molecule has 5 nitrogen and oxygen atoms in total. The van der Waals surface area contributed by atoms with E-state index < -0.39 is 23.5 Å². The van der Waals surface area contributed by atoms with Crippen molar-refractivity contribution in [1.29, 1.82) is 0 Å². The van der Waals surface area contributed by atoms with Gasteiger partial charge in [-0.1, -0.05) is 0 Å². The normalized spacial score (nSPS) is 18.3. The van der Waals surface area contributed by atoms with Crippen LogP contribution in [0.1, 0.15) is 20.8 Å². The minimum atomic E-state index is -1.22. The van der Waals surface area contributed by atoms with Crippen LogP contribution in [-0.2, 0) is 14.4 Å². The van der Waals surface area contributed by atoms with Gasteiger partial charge in [0.2, 0.25) is 11.8 Å². The van der Waals surface area contributed by atoms with Gasteiger partial charge in [-0.15, -0.1) is 0 Å². The van der Waals surface area contributed by atoms with Crippen LogP contribution >= 0.6 is 12.2 Å². The van der Waals surface area contributed by atoms with Gasteiger partial charge in [-0.3, -0.25) is 24.2 Å². The Hall–Kier alpha value is -1.30. The lowest BCUT2D eigenvalue weighted by atomic mass is 9.99. The Morgan fingerprint density at radius 2 is 1.56 bits per heavy atom. The summed E-state index contributed by atoms with van der Waals surface area (Å²) in [6.45, 7) is 5.49. The zero-order chi connectivity index (χ0) is 12.5. The van der Waals surface area contributed by atoms with Gasteiger partial charge >= 0.3 is 0 Å². The first-order valence-corrected chi connectivity index (χ1v) is 5.53. The largest absolute Gasteiger partial charge is 0.299 e. The molecule has 0 atom stereocenters. The van der Waals surface area contributed by atoms with Crippen molar-refractivity contribution in [1.82, 2.24) is 9.80 Å². The molecule has 1 saturated heterocycles. The molecule has 1 aliphatic rings. The van der Waals surface area contributed by atoms with Crippen LogP contribution in [0.25, 0.3) is 0 Å². The zero-order valence-electron chi connectivity index (χ0n) is 9.52. The number of ketones is 1. The van der Waals surface area contributed by atoms with Crippen molar-refractivity contribution < 1.29 is 14.4 Å². The first-order chi connectivity index (χ1) is 7.45. The molecule has 0 aliphatic carbocycles. The molecule has 1 fully saturated rings. The van der Waals surface area contributed by atoms with E-state index in [4.69, 9.17) is 12.2 Å². The van der Waals surface area contributed by atoms with Gasteiger partial charge in [0.15, 0.2) is 16.8 Å². The number of hydrogen-bond donors (Lipinski definition) is 0. The number of Topliss-reactive ketones (excluding diaryl/α,β-unsaturated/α-hetero) is 1. The average molecular weight is 242 g/mol. The van der Waals surface area contributed by atoms with Crippen molar-refractivity contribution in [2.75, 3.05) is 13.1 Å². The molecule has 6 heteroatoms. The van der Waals surface area contributed by atoms with Crippen molar-refractivity contribution in [3.05, 3.63) is 0 Å². The number of hydrogen-bond acceptors (Lipinski definition) is 4. The van der Waals surface area contributed by atoms with Gasteiger partial charge in [-0.05, 0) is 33.0 Å². The number of carbonyl (C=O) groups excluding carboxylic acids is 3. The third-order valence-corrected chi connectivity index (χ3v) is 2.97. The smallest absolute Gasteiger partial charge is 0.248 e. The van der Waals surface area contributed by atoms with Crippen molar-refractivity contribution in [3.63, 3.8) is 0 Å². The van der Waals surface area contributed by atoms with E-state index in [0.717, 1.165) is 0 Å². The molecule has 2 amide bonds. The van der Waals surface area contributed by atoms with Crippen LogP contribution in [0.3, 0.4) is 0 Å². The molecule has 1 rings (SSSR count). The Morgan fingerprint density at radius 3 is 1.81 bits per heavy atom. The molecule has 16 heavy (non-hydrogen) atoms. The van der Waals surface area contributed by atoms with Gasteiger partial charge in [0.1, 0.15) is 0 Å². The minimum absolute atomic E-state index is 0.192. The lowest BCUT2D eigenvalue weighted by Gasteiger charge is -2.37. The highest BCUT2D eigenvalue weighted by Crippen LogP contribution is 2.18. The standard InChI is InChI=1S/C10H14N2O3S/c1-4-11-8(14)7(6(3)13)9(15)12(5-2)10(11)16/h7H,4-5H2,1-3H3. The van der Waals surface area contributed by atoms with Gasteiger partial charge < -0.3 is 0 Å². The van der Waals surface area contributed by atoms with E-state index >= 15 is 0 Å². The summed E-state index contributed by atoms with van der Waals surface area (Å²) >= 11 is 5.04. The SMILES string of the molecule is CCN1C(=O)C(C(C)=O)C(=O)N(CC)C1=S. The summed E-state index contributed by atoms with van der Waals surface area (Å²) in [4.78, 5) is 37.6. The van der Waals surface area contributed by atoms with Crippen molar-refractivity contribution in [3.8, 4) is 0 Å². The first kappa shape index (κ1) is 12.8. The monoisotopic (exact) mass is 242 g/mol. The Morgan fingerprint density at radius 1 is 1.19 bits per heavy atom. The van der Waals surface area contributed by atoms with E-state index in [1.807, 2.05) is 0 Å². The lowest BCUT2D eigenvalue weighted by Crippen LogP contribution is -2.60. The average Bonchev–Trinajstić information content (AvgIpc) is 2.18. The molecule has 1 heterocycles. The van der Waals surface area contributed by atoms with E-state index in [9.17, 15) is 14.4 Å². The third-order valence-electron chi connectivity index (χ3n) is 2.53. The van der Waals surface area contributed by atoms with Crippen LogP contribution < -0.4 is 0 Å². The maximum absolute atomic E-state index is 11.9. The molecule has 0 N–H and O–H groups in total. The summed E-state index contributed by atoms with van der Waals surface area (Å²) in [5.41, 5.74) is 0. The molecule has 0 spiro atoms. The number of carbonyl (C=O) groups is 3. The van der Waals surface area contributed by atoms with Gasteiger partial charge in [-0.25, -0.2) is 0 Å². The van der Waals surface area contributed by atoms with Crippen LogP contribution in [-0.4, -0.2) is 45.6 Å². The molecular weight excluding hydrogens is 228 g/mol. The summed E-state index contributed by atoms with van der Waals surface area (Å²) in [7, 11) is 0. The predicted octanol–water partition coefficient (Wildman–Crippen LogP) is 0.187. The minimum Gasteiger partial charge on any atom is -0.299 e. The fourth-order valence-corrected chi connectivity index (χ4v) is 2.12. The fourth-order valence-electron chi connectivity index (χ4n) is 1.68. The van der Waals surface area contributed by atoms with Gasteiger partial charge in [0, 0.05) is 13.1 Å². The Bertz CT molecular complexity index is 341. The predicted molar refractivity (Wildman–Crippen MR) is 61.5 cm³/mol. The van der Waals surface area contributed by atoms with Gasteiger partial charge in [0.05, 0.1) is 0 Å². The van der Waals surface area contributed by atoms with Crippen molar-refractivity contribution >= 4 is 34.9 Å². The van der Waals surface area contributed by atoms with E-state index in [1.165, 1.54) is 16.7 Å². The molecule has 0 bridgehead atoms. The van der Waals surface area contributed by atoms with Gasteiger partial charge in [0.25, 0.3) is 0 Å². The second-order valence-corrected chi connectivity index (χ2v) is 3.86. The second-order valence-electron chi connectivity index (χ2n) is 3.49. The zero-order valence-corrected chi connectivity index (χ0v) is 10.3. The summed E-state index contributed by atoms with van der Waals surface area (Å²) in [5, 5.41) is 0.192. The van der Waals surface area contributed by atoms with E-state index in [2.05, 4.69) is 0 Å². The van der Waals surface area contributed by atoms with Crippen LogP contribution in [0.5, 0.6) is 0 Å². The Kier molecular flexibility index (Phi) is 3.74. The second kappa shape index (κ2) is 4.69. The maximum Gasteiger partial charge on any atom is 0.248 e. The van der Waals surface area contributed by atoms with Crippen molar-refractivity contribution in [2.24, 2.45) is 5.92 Å². The molecule has 0 aromatic carbocycles. The lowest BCUT2D eigenvalue weighted by molar-refractivity contribution is -0.150. The van der Waals surface area contributed by atoms with Crippen LogP contribution in [0, 0.1) is 5.92 Å². The molecule has 88 valence electrons. The third kappa shape index (κ3) is 1.84. The maximum atomic E-state index is 11.9. The molecule has 1 aliphatic heterocycles. The molecule has 0 aromatic rings. The number of thiocarbonyl (C=S) groups is 1. The molecule has 0 aromatic heterocycles. The summed E-state index contributed by atoms with van der Waals surface area (Å²) in [6.07, 6.45) is 0. The van der Waals surface area contributed by atoms with Crippen molar-refractivity contribution in [2.45, 2.75) is 20.8 Å². The van der Waals surface area contributed by atoms with E-state index in [-0.39, 0.29) is 5.11 Å². The van der Waals surface area contributed by atoms with Crippen LogP contribution in [0.2, 0.25) is 0 Å². The first-order valence-electron chi connectivity index (χ1n) is 5.12. The molecule has 0 saturated carbocycles. The Labute approximate surface area is 99.4 Å². The molecular formula is C10H14N2O3S. The molecule has 0 radical (unpaired) electrons. The molecule has 0 unspecified atom stereocenters. The highest BCUT2D eigenvalue weighted by atomic mass is 32.1.